The Morgan fingerprint density at radius 1 is 1.15 bits per heavy atom. The second kappa shape index (κ2) is 8.61. The van der Waals surface area contributed by atoms with Gasteiger partial charge in [0.1, 0.15) is 0 Å². The Kier molecular flexibility index (Phi) is 6.74. The van der Waals surface area contributed by atoms with Crippen LogP contribution in [0.2, 0.25) is 0 Å². The number of rotatable bonds is 7. The topological polar surface area (TPSA) is 115 Å². The van der Waals surface area contributed by atoms with E-state index in [9.17, 15) is 13.2 Å². The number of carbonyl (C=O) groups is 1. The third kappa shape index (κ3) is 5.52. The number of benzene rings is 1. The van der Waals surface area contributed by atoms with Crippen molar-refractivity contribution < 1.29 is 13.2 Å². The monoisotopic (exact) mass is 394 g/mol. The molecule has 0 unspecified atom stereocenters. The molecule has 26 heavy (non-hydrogen) atoms. The van der Waals surface area contributed by atoms with Gasteiger partial charge in [0.2, 0.25) is 15.9 Å². The fourth-order valence-electron chi connectivity index (χ4n) is 2.49. The van der Waals surface area contributed by atoms with E-state index in [1.54, 1.807) is 12.1 Å². The summed E-state index contributed by atoms with van der Waals surface area (Å²) in [6.45, 7) is 4.17. The summed E-state index contributed by atoms with van der Waals surface area (Å²) in [6.07, 6.45) is 2.83. The molecule has 0 saturated carbocycles. The van der Waals surface area contributed by atoms with Crippen molar-refractivity contribution in [3.63, 3.8) is 0 Å². The zero-order chi connectivity index (χ0) is 19.3. The SMILES string of the molecule is CSc1nc(C)c(CCC(=O)NCc2ccc(S(N)(=O)=O)cc2)c(C)n1. The minimum Gasteiger partial charge on any atom is -0.352 e. The van der Waals surface area contributed by atoms with Crippen LogP contribution in [0.15, 0.2) is 34.3 Å². The molecule has 1 amide bonds. The lowest BCUT2D eigenvalue weighted by atomic mass is 10.1. The first-order valence-electron chi connectivity index (χ1n) is 7.97. The maximum Gasteiger partial charge on any atom is 0.238 e. The van der Waals surface area contributed by atoms with Gasteiger partial charge in [0.15, 0.2) is 5.16 Å². The Labute approximate surface area is 157 Å². The zero-order valence-corrected chi connectivity index (χ0v) is 16.6. The zero-order valence-electron chi connectivity index (χ0n) is 14.9. The molecule has 1 heterocycles. The molecule has 9 heteroatoms. The number of amides is 1. The average molecular weight is 395 g/mol. The third-order valence-corrected chi connectivity index (χ3v) is 5.40. The van der Waals surface area contributed by atoms with Crippen molar-refractivity contribution in [3.05, 3.63) is 46.8 Å². The Bertz CT molecular complexity index is 874. The molecule has 0 radical (unpaired) electrons. The van der Waals surface area contributed by atoms with Gasteiger partial charge in [-0.3, -0.25) is 4.79 Å². The molecule has 7 nitrogen and oxygen atoms in total. The van der Waals surface area contributed by atoms with E-state index in [2.05, 4.69) is 15.3 Å². The molecule has 0 aliphatic carbocycles. The second-order valence-corrected chi connectivity index (χ2v) is 8.16. The lowest BCUT2D eigenvalue weighted by molar-refractivity contribution is -0.121. The van der Waals surface area contributed by atoms with Crippen LogP contribution < -0.4 is 10.5 Å². The summed E-state index contributed by atoms with van der Waals surface area (Å²) in [4.78, 5) is 21.0. The number of aryl methyl sites for hydroxylation is 2. The van der Waals surface area contributed by atoms with Gasteiger partial charge >= 0.3 is 0 Å². The summed E-state index contributed by atoms with van der Waals surface area (Å²) >= 11 is 1.49. The molecule has 0 saturated heterocycles. The smallest absolute Gasteiger partial charge is 0.238 e. The molecule has 0 aliphatic rings. The van der Waals surface area contributed by atoms with Crippen LogP contribution in [0.1, 0.15) is 28.9 Å². The van der Waals surface area contributed by atoms with Crippen LogP contribution in [0.5, 0.6) is 0 Å². The van der Waals surface area contributed by atoms with Gasteiger partial charge in [-0.2, -0.15) is 0 Å². The van der Waals surface area contributed by atoms with Crippen molar-refractivity contribution in [2.24, 2.45) is 5.14 Å². The van der Waals surface area contributed by atoms with Gasteiger partial charge in [0, 0.05) is 24.4 Å². The maximum atomic E-state index is 12.1. The number of hydrogen-bond acceptors (Lipinski definition) is 6. The van der Waals surface area contributed by atoms with Crippen LogP contribution in [0.3, 0.4) is 0 Å². The molecule has 3 N–H and O–H groups in total. The first kappa shape index (κ1) is 20.3. The summed E-state index contributed by atoms with van der Waals surface area (Å²) in [5.74, 6) is -0.0896. The number of thioether (sulfide) groups is 1. The molecule has 2 aromatic rings. The molecule has 140 valence electrons. The highest BCUT2D eigenvalue weighted by Crippen LogP contribution is 2.17. The Balaban J connectivity index is 1.90. The molecule has 0 bridgehead atoms. The second-order valence-electron chi connectivity index (χ2n) is 5.83. The van der Waals surface area contributed by atoms with E-state index in [4.69, 9.17) is 5.14 Å². The molecular weight excluding hydrogens is 372 g/mol. The number of nitrogens with zero attached hydrogens (tertiary/aromatic N) is 2. The summed E-state index contributed by atoms with van der Waals surface area (Å²) in [5, 5.41) is 8.61. The highest BCUT2D eigenvalue weighted by Gasteiger charge is 2.11. The lowest BCUT2D eigenvalue weighted by Gasteiger charge is -2.10. The van der Waals surface area contributed by atoms with E-state index >= 15 is 0 Å². The lowest BCUT2D eigenvalue weighted by Crippen LogP contribution is -2.23. The van der Waals surface area contributed by atoms with Gasteiger partial charge < -0.3 is 5.32 Å². The largest absolute Gasteiger partial charge is 0.352 e. The molecule has 1 aromatic heterocycles. The standard InChI is InChI=1S/C17H22N4O3S2/c1-11-15(12(2)21-17(20-11)25-3)8-9-16(22)19-10-13-4-6-14(7-5-13)26(18,23)24/h4-7H,8-10H2,1-3H3,(H,19,22)(H2,18,23,24). The van der Waals surface area contributed by atoms with Crippen molar-refractivity contribution in [1.29, 1.82) is 0 Å². The minimum atomic E-state index is -3.70. The number of carbonyl (C=O) groups excluding carboxylic acids is 1. The number of nitrogens with one attached hydrogen (secondary N) is 1. The average Bonchev–Trinajstić information content (AvgIpc) is 2.58. The van der Waals surface area contributed by atoms with Crippen LogP contribution in [0.4, 0.5) is 0 Å². The predicted molar refractivity (Wildman–Crippen MR) is 101 cm³/mol. The highest BCUT2D eigenvalue weighted by molar-refractivity contribution is 7.98. The third-order valence-electron chi connectivity index (χ3n) is 3.93. The van der Waals surface area contributed by atoms with Gasteiger partial charge in [-0.1, -0.05) is 23.9 Å². The van der Waals surface area contributed by atoms with Gasteiger partial charge in [-0.15, -0.1) is 0 Å². The molecular formula is C17H22N4O3S2. The van der Waals surface area contributed by atoms with Crippen molar-refractivity contribution in [2.75, 3.05) is 6.26 Å². The first-order chi connectivity index (χ1) is 12.2. The van der Waals surface area contributed by atoms with E-state index in [0.29, 0.717) is 19.4 Å². The highest BCUT2D eigenvalue weighted by atomic mass is 32.2. The van der Waals surface area contributed by atoms with Crippen LogP contribution in [-0.2, 0) is 27.8 Å². The van der Waals surface area contributed by atoms with E-state index < -0.39 is 10.0 Å². The van der Waals surface area contributed by atoms with E-state index in [1.165, 1.54) is 23.9 Å². The van der Waals surface area contributed by atoms with E-state index in [-0.39, 0.29) is 10.8 Å². The van der Waals surface area contributed by atoms with E-state index in [1.807, 2.05) is 20.1 Å². The fraction of sp³-hybridized carbons (Fsp3) is 0.353. The summed E-state index contributed by atoms with van der Waals surface area (Å²) < 4.78 is 22.4. The van der Waals surface area contributed by atoms with Crippen LogP contribution in [0.25, 0.3) is 0 Å². The van der Waals surface area contributed by atoms with Crippen LogP contribution in [0, 0.1) is 13.8 Å². The maximum absolute atomic E-state index is 12.1. The molecule has 0 atom stereocenters. The van der Waals surface area contributed by atoms with Crippen LogP contribution in [-0.4, -0.2) is 30.5 Å². The normalized spacial score (nSPS) is 11.4. The number of sulfonamides is 1. The van der Waals surface area contributed by atoms with Crippen molar-refractivity contribution in [3.8, 4) is 0 Å². The number of nitrogens with two attached hydrogens (primary N) is 1. The first-order valence-corrected chi connectivity index (χ1v) is 10.7. The van der Waals surface area contributed by atoms with Gasteiger partial charge in [0.05, 0.1) is 4.90 Å². The predicted octanol–water partition coefficient (Wildman–Crippen LogP) is 1.71. The fourth-order valence-corrected chi connectivity index (χ4v) is 3.46. The van der Waals surface area contributed by atoms with Gasteiger partial charge in [-0.25, -0.2) is 23.5 Å². The molecule has 0 aliphatic heterocycles. The van der Waals surface area contributed by atoms with Gasteiger partial charge in [-0.05, 0) is 49.8 Å². The number of primary sulfonamides is 1. The Morgan fingerprint density at radius 3 is 2.23 bits per heavy atom. The number of aromatic nitrogens is 2. The summed E-state index contributed by atoms with van der Waals surface area (Å²) in [5.41, 5.74) is 3.59. The van der Waals surface area contributed by atoms with Crippen molar-refractivity contribution >= 4 is 27.7 Å². The quantitative estimate of drug-likeness (QED) is 0.546. The summed E-state index contributed by atoms with van der Waals surface area (Å²) in [6, 6.07) is 6.11. The molecule has 2 rings (SSSR count). The molecule has 0 spiro atoms. The Morgan fingerprint density at radius 2 is 1.73 bits per heavy atom. The van der Waals surface area contributed by atoms with Gasteiger partial charge in [0.25, 0.3) is 0 Å². The van der Waals surface area contributed by atoms with Crippen LogP contribution >= 0.6 is 11.8 Å². The number of hydrogen-bond donors (Lipinski definition) is 2. The van der Waals surface area contributed by atoms with Crippen molar-refractivity contribution in [2.45, 2.75) is 43.3 Å². The minimum absolute atomic E-state index is 0.0483. The van der Waals surface area contributed by atoms with E-state index in [0.717, 1.165) is 27.7 Å². The summed E-state index contributed by atoms with van der Waals surface area (Å²) in [7, 11) is -3.70. The molecule has 1 aromatic carbocycles. The Hall–Kier alpha value is -1.97. The van der Waals surface area contributed by atoms with Crippen molar-refractivity contribution in [1.82, 2.24) is 15.3 Å². The molecule has 0 fully saturated rings.